The topological polar surface area (TPSA) is 107 Å². The fraction of sp³-hybridized carbons (Fsp3) is 0.471. The average molecular weight is 351 g/mol. The second-order valence-corrected chi connectivity index (χ2v) is 7.94. The Morgan fingerprint density at radius 3 is 2.62 bits per heavy atom. The van der Waals surface area contributed by atoms with Gasteiger partial charge in [0, 0.05) is 0 Å². The highest BCUT2D eigenvalue weighted by atomic mass is 32.2. The predicted octanol–water partition coefficient (Wildman–Crippen LogP) is 1.59. The Morgan fingerprint density at radius 1 is 1.38 bits per heavy atom. The molecule has 2 unspecified atom stereocenters. The molecular weight excluding hydrogens is 330 g/mol. The Labute approximate surface area is 141 Å². The first-order chi connectivity index (χ1) is 11.3. The molecule has 6 nitrogen and oxygen atoms in total. The van der Waals surface area contributed by atoms with E-state index in [-0.39, 0.29) is 24.3 Å². The van der Waals surface area contributed by atoms with E-state index in [4.69, 9.17) is 10.5 Å². The van der Waals surface area contributed by atoms with Gasteiger partial charge in [0.15, 0.2) is 9.84 Å². The van der Waals surface area contributed by atoms with Crippen LogP contribution in [0.1, 0.15) is 32.6 Å². The number of ether oxygens (including phenoxy) is 1. The van der Waals surface area contributed by atoms with Gasteiger partial charge >= 0.3 is 5.97 Å². The van der Waals surface area contributed by atoms with Crippen LogP contribution in [0.3, 0.4) is 0 Å². The fourth-order valence-corrected chi connectivity index (χ4v) is 5.02. The lowest BCUT2D eigenvalue weighted by molar-refractivity contribution is -0.144. The molecule has 0 heterocycles. The van der Waals surface area contributed by atoms with Crippen LogP contribution in [0.4, 0.5) is 0 Å². The number of sulfone groups is 1. The maximum Gasteiger partial charge on any atom is 0.325 e. The van der Waals surface area contributed by atoms with Gasteiger partial charge in [-0.2, -0.15) is 0 Å². The number of carboxylic acids is 1. The molecule has 1 aliphatic carbocycles. The number of hydrogen-bond acceptors (Lipinski definition) is 5. The molecule has 3 N–H and O–H groups in total. The van der Waals surface area contributed by atoms with Crippen LogP contribution in [0.5, 0.6) is 5.75 Å². The van der Waals surface area contributed by atoms with Crippen molar-refractivity contribution in [1.82, 2.24) is 0 Å². The van der Waals surface area contributed by atoms with Crippen molar-refractivity contribution in [1.29, 1.82) is 0 Å². The summed E-state index contributed by atoms with van der Waals surface area (Å²) in [6.45, 7) is 1.92. The van der Waals surface area contributed by atoms with Crippen molar-refractivity contribution in [3.63, 3.8) is 0 Å². The van der Waals surface area contributed by atoms with Crippen molar-refractivity contribution in [2.45, 2.75) is 48.3 Å². The first-order valence-corrected chi connectivity index (χ1v) is 9.25. The molecule has 0 radical (unpaired) electrons. The summed E-state index contributed by atoms with van der Waals surface area (Å²) in [5.41, 5.74) is 4.21. The van der Waals surface area contributed by atoms with Crippen LogP contribution in [0.15, 0.2) is 29.2 Å². The lowest BCUT2D eigenvalue weighted by Crippen LogP contribution is -2.61. The summed E-state index contributed by atoms with van der Waals surface area (Å²) in [6.07, 6.45) is 1.66. The summed E-state index contributed by atoms with van der Waals surface area (Å²) in [4.78, 5) is 11.6. The van der Waals surface area contributed by atoms with Gasteiger partial charge in [0.05, 0.1) is 10.1 Å². The van der Waals surface area contributed by atoms with Gasteiger partial charge in [-0.05, 0) is 44.0 Å². The SMILES string of the molecule is CC#CCOc1ccc(S(=O)(=O)C2CCCCC2(N)C(=O)O)cc1. The van der Waals surface area contributed by atoms with E-state index in [0.717, 1.165) is 0 Å². The number of carbonyl (C=O) groups is 1. The molecule has 1 aromatic rings. The fourth-order valence-electron chi connectivity index (χ4n) is 2.92. The Kier molecular flexibility index (Phi) is 5.52. The summed E-state index contributed by atoms with van der Waals surface area (Å²) in [5.74, 6) is 4.67. The van der Waals surface area contributed by atoms with E-state index in [1.54, 1.807) is 6.92 Å². The summed E-state index contributed by atoms with van der Waals surface area (Å²) in [7, 11) is -3.85. The van der Waals surface area contributed by atoms with Gasteiger partial charge in [-0.3, -0.25) is 4.79 Å². The van der Waals surface area contributed by atoms with Crippen LogP contribution in [0, 0.1) is 11.8 Å². The largest absolute Gasteiger partial charge is 0.481 e. The molecule has 1 fully saturated rings. The molecule has 0 spiro atoms. The van der Waals surface area contributed by atoms with Crippen LogP contribution >= 0.6 is 0 Å². The van der Waals surface area contributed by atoms with Gasteiger partial charge < -0.3 is 15.6 Å². The van der Waals surface area contributed by atoms with Crippen molar-refractivity contribution in [2.24, 2.45) is 5.73 Å². The minimum atomic E-state index is -3.85. The normalized spacial score (nSPS) is 23.8. The van der Waals surface area contributed by atoms with Crippen molar-refractivity contribution in [2.75, 3.05) is 6.61 Å². The summed E-state index contributed by atoms with van der Waals surface area (Å²) < 4.78 is 31.1. The molecule has 2 rings (SSSR count). The maximum absolute atomic E-state index is 12.9. The zero-order chi connectivity index (χ0) is 17.8. The Bertz CT molecular complexity index is 760. The van der Waals surface area contributed by atoms with E-state index in [1.807, 2.05) is 0 Å². The highest BCUT2D eigenvalue weighted by molar-refractivity contribution is 7.92. The molecule has 0 amide bonds. The van der Waals surface area contributed by atoms with Gasteiger partial charge in [0.1, 0.15) is 17.9 Å². The minimum absolute atomic E-state index is 0.0550. The van der Waals surface area contributed by atoms with Crippen LogP contribution in [0.2, 0.25) is 0 Å². The number of rotatable bonds is 5. The predicted molar refractivity (Wildman–Crippen MR) is 89.4 cm³/mol. The first-order valence-electron chi connectivity index (χ1n) is 7.71. The number of aliphatic carboxylic acids is 1. The molecule has 0 bridgehead atoms. The van der Waals surface area contributed by atoms with Crippen LogP contribution in [0.25, 0.3) is 0 Å². The van der Waals surface area contributed by atoms with Gasteiger partial charge in [0.2, 0.25) is 0 Å². The molecular formula is C17H21NO5S. The van der Waals surface area contributed by atoms with E-state index >= 15 is 0 Å². The number of hydrogen-bond donors (Lipinski definition) is 2. The molecule has 1 aliphatic rings. The van der Waals surface area contributed by atoms with Crippen molar-refractivity contribution >= 4 is 15.8 Å². The van der Waals surface area contributed by atoms with Gasteiger partial charge in [-0.25, -0.2) is 8.42 Å². The second kappa shape index (κ2) is 7.24. The second-order valence-electron chi connectivity index (χ2n) is 5.81. The van der Waals surface area contributed by atoms with Gasteiger partial charge in [0.25, 0.3) is 0 Å². The number of nitrogens with two attached hydrogens (primary N) is 1. The number of benzene rings is 1. The molecule has 24 heavy (non-hydrogen) atoms. The standard InChI is InChI=1S/C17H21NO5S/c1-2-3-12-23-13-7-9-14(10-8-13)24(21,22)15-6-4-5-11-17(15,18)16(19)20/h7-10,15H,4-6,11-12,18H2,1H3,(H,19,20). The van der Waals surface area contributed by atoms with E-state index in [2.05, 4.69) is 11.8 Å². The van der Waals surface area contributed by atoms with Crippen molar-refractivity contribution in [3.05, 3.63) is 24.3 Å². The van der Waals surface area contributed by atoms with E-state index in [0.29, 0.717) is 18.6 Å². The minimum Gasteiger partial charge on any atom is -0.481 e. The quantitative estimate of drug-likeness (QED) is 0.780. The molecule has 2 atom stereocenters. The van der Waals surface area contributed by atoms with Crippen molar-refractivity contribution in [3.8, 4) is 17.6 Å². The zero-order valence-electron chi connectivity index (χ0n) is 13.5. The molecule has 130 valence electrons. The van der Waals surface area contributed by atoms with Crippen molar-refractivity contribution < 1.29 is 23.1 Å². The van der Waals surface area contributed by atoms with E-state index in [1.165, 1.54) is 24.3 Å². The average Bonchev–Trinajstić information content (AvgIpc) is 2.55. The highest BCUT2D eigenvalue weighted by Crippen LogP contribution is 2.35. The van der Waals surface area contributed by atoms with Gasteiger partial charge in [-0.1, -0.05) is 18.8 Å². The lowest BCUT2D eigenvalue weighted by Gasteiger charge is -2.37. The van der Waals surface area contributed by atoms with Gasteiger partial charge in [-0.15, -0.1) is 5.92 Å². The van der Waals surface area contributed by atoms with Crippen LogP contribution < -0.4 is 10.5 Å². The zero-order valence-corrected chi connectivity index (χ0v) is 14.3. The third-order valence-corrected chi connectivity index (χ3v) is 6.63. The smallest absolute Gasteiger partial charge is 0.325 e. The third kappa shape index (κ3) is 3.55. The third-order valence-electron chi connectivity index (χ3n) is 4.29. The molecule has 0 aromatic heterocycles. The maximum atomic E-state index is 12.9. The molecule has 1 saturated carbocycles. The molecule has 0 aliphatic heterocycles. The molecule has 0 saturated heterocycles. The van der Waals surface area contributed by atoms with E-state index in [9.17, 15) is 18.3 Å². The summed E-state index contributed by atoms with van der Waals surface area (Å²) in [5, 5.41) is 8.29. The molecule has 7 heteroatoms. The number of carboxylic acid groups (broad SMARTS) is 1. The summed E-state index contributed by atoms with van der Waals surface area (Å²) in [6, 6.07) is 5.90. The summed E-state index contributed by atoms with van der Waals surface area (Å²) >= 11 is 0. The highest BCUT2D eigenvalue weighted by Gasteiger charge is 2.50. The first kappa shape index (κ1) is 18.3. The van der Waals surface area contributed by atoms with Crippen LogP contribution in [-0.4, -0.2) is 36.9 Å². The van der Waals surface area contributed by atoms with Crippen LogP contribution in [-0.2, 0) is 14.6 Å². The monoisotopic (exact) mass is 351 g/mol. The lowest BCUT2D eigenvalue weighted by atomic mass is 9.82. The Hall–Kier alpha value is -2.04. The molecule has 1 aromatic carbocycles. The van der Waals surface area contributed by atoms with E-state index < -0.39 is 26.6 Å². The Balaban J connectivity index is 2.28. The Morgan fingerprint density at radius 2 is 2.04 bits per heavy atom.